The van der Waals surface area contributed by atoms with Gasteiger partial charge < -0.3 is 10.0 Å². The minimum absolute atomic E-state index is 0.0441. The molecule has 0 saturated carbocycles. The molecule has 20 heavy (non-hydrogen) atoms. The SMILES string of the molecule is O=C(C=Cc1ccc(Cl)cc1)N1CCCC(CCO)C1. The van der Waals surface area contributed by atoms with Crippen LogP contribution in [0.2, 0.25) is 5.02 Å². The molecule has 1 aromatic carbocycles. The number of likely N-dealkylation sites (tertiary alicyclic amines) is 1. The fraction of sp³-hybridized carbons (Fsp3) is 0.438. The Kier molecular flexibility index (Phi) is 5.62. The maximum atomic E-state index is 12.1. The van der Waals surface area contributed by atoms with Crippen LogP contribution in [0.5, 0.6) is 0 Å². The fourth-order valence-corrected chi connectivity index (χ4v) is 2.66. The molecule has 2 rings (SSSR count). The zero-order valence-electron chi connectivity index (χ0n) is 11.5. The highest BCUT2D eigenvalue weighted by atomic mass is 35.5. The number of hydrogen-bond donors (Lipinski definition) is 1. The summed E-state index contributed by atoms with van der Waals surface area (Å²) in [4.78, 5) is 14.0. The first-order chi connectivity index (χ1) is 9.69. The largest absolute Gasteiger partial charge is 0.396 e. The normalized spacial score (nSPS) is 19.5. The van der Waals surface area contributed by atoms with E-state index in [0.29, 0.717) is 10.9 Å². The maximum absolute atomic E-state index is 12.1. The molecule has 1 N–H and O–H groups in total. The zero-order chi connectivity index (χ0) is 14.4. The van der Waals surface area contributed by atoms with E-state index in [1.807, 2.05) is 35.2 Å². The monoisotopic (exact) mass is 293 g/mol. The van der Waals surface area contributed by atoms with Crippen LogP contribution in [0.25, 0.3) is 6.08 Å². The summed E-state index contributed by atoms with van der Waals surface area (Å²) < 4.78 is 0. The summed E-state index contributed by atoms with van der Waals surface area (Å²) in [5.41, 5.74) is 0.965. The average molecular weight is 294 g/mol. The third kappa shape index (κ3) is 4.36. The van der Waals surface area contributed by atoms with Gasteiger partial charge in [-0.25, -0.2) is 0 Å². The smallest absolute Gasteiger partial charge is 0.246 e. The molecule has 0 bridgehead atoms. The molecule has 1 unspecified atom stereocenters. The van der Waals surface area contributed by atoms with Gasteiger partial charge in [0.05, 0.1) is 0 Å². The summed E-state index contributed by atoms with van der Waals surface area (Å²) in [5.74, 6) is 0.476. The van der Waals surface area contributed by atoms with Gasteiger partial charge in [0.2, 0.25) is 5.91 Å². The Hall–Kier alpha value is -1.32. The van der Waals surface area contributed by atoms with Crippen molar-refractivity contribution in [3.05, 3.63) is 40.9 Å². The van der Waals surface area contributed by atoms with Crippen LogP contribution in [0.1, 0.15) is 24.8 Å². The standard InChI is InChI=1S/C16H20ClNO2/c17-15-6-3-13(4-7-15)5-8-16(20)18-10-1-2-14(12-18)9-11-19/h3-8,14,19H,1-2,9-12H2. The molecule has 1 saturated heterocycles. The number of carbonyl (C=O) groups excluding carboxylic acids is 1. The van der Waals surface area contributed by atoms with Crippen molar-refractivity contribution in [1.29, 1.82) is 0 Å². The van der Waals surface area contributed by atoms with Crippen LogP contribution in [-0.4, -0.2) is 35.6 Å². The van der Waals surface area contributed by atoms with Crippen LogP contribution >= 0.6 is 11.6 Å². The van der Waals surface area contributed by atoms with Gasteiger partial charge in [-0.3, -0.25) is 4.79 Å². The van der Waals surface area contributed by atoms with Gasteiger partial charge in [0.1, 0.15) is 0 Å². The zero-order valence-corrected chi connectivity index (χ0v) is 12.2. The second kappa shape index (κ2) is 7.46. The molecule has 4 heteroatoms. The lowest BCUT2D eigenvalue weighted by atomic mass is 9.95. The van der Waals surface area contributed by atoms with Gasteiger partial charge in [0.25, 0.3) is 0 Å². The molecule has 1 aromatic rings. The quantitative estimate of drug-likeness (QED) is 0.867. The van der Waals surface area contributed by atoms with Crippen molar-refractivity contribution >= 4 is 23.6 Å². The van der Waals surface area contributed by atoms with Crippen LogP contribution in [0.15, 0.2) is 30.3 Å². The minimum Gasteiger partial charge on any atom is -0.396 e. The number of halogens is 1. The van der Waals surface area contributed by atoms with Gasteiger partial charge in [-0.2, -0.15) is 0 Å². The van der Waals surface area contributed by atoms with Crippen LogP contribution in [-0.2, 0) is 4.79 Å². The number of aliphatic hydroxyl groups excluding tert-OH is 1. The number of amides is 1. The van der Waals surface area contributed by atoms with Crippen molar-refractivity contribution < 1.29 is 9.90 Å². The summed E-state index contributed by atoms with van der Waals surface area (Å²) in [7, 11) is 0. The molecular weight excluding hydrogens is 274 g/mol. The lowest BCUT2D eigenvalue weighted by Gasteiger charge is -2.31. The molecule has 3 nitrogen and oxygen atoms in total. The number of piperidine rings is 1. The molecule has 0 spiro atoms. The second-order valence-electron chi connectivity index (χ2n) is 5.19. The van der Waals surface area contributed by atoms with E-state index in [4.69, 9.17) is 16.7 Å². The average Bonchev–Trinajstić information content (AvgIpc) is 2.47. The Balaban J connectivity index is 1.92. The Bertz CT molecular complexity index is 468. The number of hydrogen-bond acceptors (Lipinski definition) is 2. The fourth-order valence-electron chi connectivity index (χ4n) is 2.53. The summed E-state index contributed by atoms with van der Waals surface area (Å²) in [6, 6.07) is 7.39. The third-order valence-corrected chi connectivity index (χ3v) is 3.91. The summed E-state index contributed by atoms with van der Waals surface area (Å²) in [5, 5.41) is 9.68. The third-order valence-electron chi connectivity index (χ3n) is 3.66. The first-order valence-corrected chi connectivity index (χ1v) is 7.40. The predicted molar refractivity (Wildman–Crippen MR) is 81.5 cm³/mol. The van der Waals surface area contributed by atoms with Gasteiger partial charge in [0, 0.05) is 30.8 Å². The summed E-state index contributed by atoms with van der Waals surface area (Å²) >= 11 is 5.82. The highest BCUT2D eigenvalue weighted by molar-refractivity contribution is 6.30. The second-order valence-corrected chi connectivity index (χ2v) is 5.63. The van der Waals surface area contributed by atoms with E-state index in [1.54, 1.807) is 6.08 Å². The highest BCUT2D eigenvalue weighted by Gasteiger charge is 2.21. The number of carbonyl (C=O) groups is 1. The summed E-state index contributed by atoms with van der Waals surface area (Å²) in [6.45, 7) is 1.77. The molecule has 0 aliphatic carbocycles. The molecule has 1 aliphatic rings. The molecule has 1 amide bonds. The number of benzene rings is 1. The van der Waals surface area contributed by atoms with Gasteiger partial charge in [-0.15, -0.1) is 0 Å². The first-order valence-electron chi connectivity index (χ1n) is 7.02. The molecule has 108 valence electrons. The Morgan fingerprint density at radius 1 is 1.40 bits per heavy atom. The lowest BCUT2D eigenvalue weighted by Crippen LogP contribution is -2.39. The van der Waals surface area contributed by atoms with Crippen molar-refractivity contribution in [2.75, 3.05) is 19.7 Å². The number of rotatable bonds is 4. The van der Waals surface area contributed by atoms with Crippen molar-refractivity contribution in [1.82, 2.24) is 4.90 Å². The van der Waals surface area contributed by atoms with E-state index in [9.17, 15) is 4.79 Å². The highest BCUT2D eigenvalue weighted by Crippen LogP contribution is 2.19. The Labute approximate surface area is 124 Å². The Morgan fingerprint density at radius 3 is 2.85 bits per heavy atom. The van der Waals surface area contributed by atoms with Gasteiger partial charge in [-0.05, 0) is 49.0 Å². The van der Waals surface area contributed by atoms with E-state index in [1.165, 1.54) is 0 Å². The van der Waals surface area contributed by atoms with Crippen molar-refractivity contribution in [2.24, 2.45) is 5.92 Å². The molecule has 0 radical (unpaired) electrons. The molecular formula is C16H20ClNO2. The topological polar surface area (TPSA) is 40.5 Å². The number of aliphatic hydroxyl groups is 1. The van der Waals surface area contributed by atoms with E-state index in [0.717, 1.165) is 37.9 Å². The van der Waals surface area contributed by atoms with Crippen LogP contribution in [0, 0.1) is 5.92 Å². The molecule has 1 atom stereocenters. The Morgan fingerprint density at radius 2 is 2.15 bits per heavy atom. The molecule has 1 fully saturated rings. The van der Waals surface area contributed by atoms with E-state index in [2.05, 4.69) is 0 Å². The minimum atomic E-state index is 0.0441. The van der Waals surface area contributed by atoms with Gasteiger partial charge in [-0.1, -0.05) is 23.7 Å². The maximum Gasteiger partial charge on any atom is 0.246 e. The van der Waals surface area contributed by atoms with Crippen LogP contribution < -0.4 is 0 Å². The van der Waals surface area contributed by atoms with E-state index in [-0.39, 0.29) is 12.5 Å². The van der Waals surface area contributed by atoms with Gasteiger partial charge in [0.15, 0.2) is 0 Å². The van der Waals surface area contributed by atoms with Crippen molar-refractivity contribution in [3.8, 4) is 0 Å². The van der Waals surface area contributed by atoms with Crippen LogP contribution in [0.3, 0.4) is 0 Å². The predicted octanol–water partition coefficient (Wildman–Crippen LogP) is 2.97. The summed E-state index contributed by atoms with van der Waals surface area (Å²) in [6.07, 6.45) is 6.33. The van der Waals surface area contributed by atoms with Crippen molar-refractivity contribution in [2.45, 2.75) is 19.3 Å². The molecule has 1 aliphatic heterocycles. The molecule has 1 heterocycles. The van der Waals surface area contributed by atoms with E-state index >= 15 is 0 Å². The van der Waals surface area contributed by atoms with Crippen LogP contribution in [0.4, 0.5) is 0 Å². The van der Waals surface area contributed by atoms with Gasteiger partial charge >= 0.3 is 0 Å². The lowest BCUT2D eigenvalue weighted by molar-refractivity contribution is -0.127. The van der Waals surface area contributed by atoms with E-state index < -0.39 is 0 Å². The number of nitrogens with zero attached hydrogens (tertiary/aromatic N) is 1. The molecule has 0 aromatic heterocycles. The first kappa shape index (κ1) is 15.1. The van der Waals surface area contributed by atoms with Crippen molar-refractivity contribution in [3.63, 3.8) is 0 Å².